The van der Waals surface area contributed by atoms with Crippen LogP contribution in [0.3, 0.4) is 0 Å². The van der Waals surface area contributed by atoms with Crippen LogP contribution in [0.1, 0.15) is 34.6 Å². The molecular formula is C14H22N2O2. The molecule has 18 heavy (non-hydrogen) atoms. The SMILES string of the molecule is C#CCN1C(=O)C(C(C)(C)C)NC(=O)C1C(C)C. The number of carbonyl (C=O) groups is 2. The van der Waals surface area contributed by atoms with Gasteiger partial charge in [-0.2, -0.15) is 0 Å². The van der Waals surface area contributed by atoms with Crippen molar-refractivity contribution in [1.82, 2.24) is 10.2 Å². The lowest BCUT2D eigenvalue weighted by molar-refractivity contribution is -0.153. The van der Waals surface area contributed by atoms with Crippen molar-refractivity contribution in [2.24, 2.45) is 11.3 Å². The lowest BCUT2D eigenvalue weighted by atomic mass is 9.83. The highest BCUT2D eigenvalue weighted by Crippen LogP contribution is 2.26. The minimum Gasteiger partial charge on any atom is -0.342 e. The number of rotatable bonds is 2. The highest BCUT2D eigenvalue weighted by Gasteiger charge is 2.45. The lowest BCUT2D eigenvalue weighted by Crippen LogP contribution is -2.67. The fourth-order valence-electron chi connectivity index (χ4n) is 2.26. The molecule has 0 aliphatic carbocycles. The standard InChI is InChI=1S/C14H22N2O2/c1-7-8-16-10(9(2)3)12(17)15-11(13(16)18)14(4,5)6/h1,9-11H,8H2,2-6H3,(H,15,17). The summed E-state index contributed by atoms with van der Waals surface area (Å²) in [6.07, 6.45) is 5.31. The second kappa shape index (κ2) is 5.01. The summed E-state index contributed by atoms with van der Waals surface area (Å²) in [6.45, 7) is 9.80. The van der Waals surface area contributed by atoms with Crippen molar-refractivity contribution in [1.29, 1.82) is 0 Å². The smallest absolute Gasteiger partial charge is 0.247 e. The van der Waals surface area contributed by atoms with Crippen molar-refractivity contribution in [2.45, 2.75) is 46.7 Å². The molecule has 0 radical (unpaired) electrons. The van der Waals surface area contributed by atoms with Crippen LogP contribution in [0.2, 0.25) is 0 Å². The van der Waals surface area contributed by atoms with E-state index >= 15 is 0 Å². The van der Waals surface area contributed by atoms with Gasteiger partial charge in [0.1, 0.15) is 12.1 Å². The molecule has 1 N–H and O–H groups in total. The zero-order valence-electron chi connectivity index (χ0n) is 11.8. The highest BCUT2D eigenvalue weighted by atomic mass is 16.2. The predicted molar refractivity (Wildman–Crippen MR) is 70.6 cm³/mol. The van der Waals surface area contributed by atoms with E-state index in [0.29, 0.717) is 0 Å². The van der Waals surface area contributed by atoms with E-state index in [9.17, 15) is 9.59 Å². The number of terminal acetylenes is 1. The second-order valence-electron chi connectivity index (χ2n) is 6.17. The second-order valence-corrected chi connectivity index (χ2v) is 6.17. The average molecular weight is 250 g/mol. The van der Waals surface area contributed by atoms with Gasteiger partial charge < -0.3 is 10.2 Å². The third-order valence-corrected chi connectivity index (χ3v) is 3.18. The summed E-state index contributed by atoms with van der Waals surface area (Å²) in [5.41, 5.74) is -0.318. The molecule has 2 amide bonds. The Bertz CT molecular complexity index is 388. The van der Waals surface area contributed by atoms with Gasteiger partial charge in [0.2, 0.25) is 11.8 Å². The van der Waals surface area contributed by atoms with Crippen molar-refractivity contribution in [3.63, 3.8) is 0 Å². The normalized spacial score (nSPS) is 25.1. The molecule has 1 aliphatic heterocycles. The summed E-state index contributed by atoms with van der Waals surface area (Å²) >= 11 is 0. The fraction of sp³-hybridized carbons (Fsp3) is 0.714. The minimum atomic E-state index is -0.506. The van der Waals surface area contributed by atoms with Crippen LogP contribution in [-0.2, 0) is 9.59 Å². The molecule has 2 unspecified atom stereocenters. The fourth-order valence-corrected chi connectivity index (χ4v) is 2.26. The maximum Gasteiger partial charge on any atom is 0.247 e. The Morgan fingerprint density at radius 1 is 1.39 bits per heavy atom. The van der Waals surface area contributed by atoms with Gasteiger partial charge in [0.25, 0.3) is 0 Å². The largest absolute Gasteiger partial charge is 0.342 e. The van der Waals surface area contributed by atoms with Gasteiger partial charge in [-0.25, -0.2) is 0 Å². The molecule has 1 heterocycles. The van der Waals surface area contributed by atoms with Crippen LogP contribution in [0.4, 0.5) is 0 Å². The van der Waals surface area contributed by atoms with E-state index in [2.05, 4.69) is 11.2 Å². The van der Waals surface area contributed by atoms with Crippen molar-refractivity contribution >= 4 is 11.8 Å². The Hall–Kier alpha value is -1.50. The van der Waals surface area contributed by atoms with E-state index in [4.69, 9.17) is 6.42 Å². The number of carbonyl (C=O) groups excluding carboxylic acids is 2. The molecule has 4 heteroatoms. The van der Waals surface area contributed by atoms with Crippen LogP contribution in [0, 0.1) is 23.7 Å². The number of nitrogens with one attached hydrogen (secondary N) is 1. The molecule has 0 bridgehead atoms. The lowest BCUT2D eigenvalue weighted by Gasteiger charge is -2.43. The Morgan fingerprint density at radius 3 is 2.33 bits per heavy atom. The number of amides is 2. The third kappa shape index (κ3) is 2.66. The maximum absolute atomic E-state index is 12.4. The summed E-state index contributed by atoms with van der Waals surface area (Å²) in [7, 11) is 0. The molecule has 1 fully saturated rings. The van der Waals surface area contributed by atoms with Gasteiger partial charge in [-0.1, -0.05) is 40.5 Å². The first-order valence-corrected chi connectivity index (χ1v) is 6.24. The first kappa shape index (κ1) is 14.6. The monoisotopic (exact) mass is 250 g/mol. The van der Waals surface area contributed by atoms with Crippen molar-refractivity contribution in [3.05, 3.63) is 0 Å². The molecule has 0 aromatic carbocycles. The van der Waals surface area contributed by atoms with Crippen LogP contribution in [0.15, 0.2) is 0 Å². The molecule has 0 aromatic heterocycles. The molecule has 4 nitrogen and oxygen atoms in total. The van der Waals surface area contributed by atoms with Gasteiger partial charge in [0.05, 0.1) is 6.54 Å². The molecule has 0 spiro atoms. The highest BCUT2D eigenvalue weighted by molar-refractivity contribution is 5.97. The van der Waals surface area contributed by atoms with Crippen molar-refractivity contribution in [3.8, 4) is 12.3 Å². The minimum absolute atomic E-state index is 0.0446. The quantitative estimate of drug-likeness (QED) is 0.744. The van der Waals surface area contributed by atoms with Crippen LogP contribution >= 0.6 is 0 Å². The maximum atomic E-state index is 12.4. The Labute approximate surface area is 109 Å². The summed E-state index contributed by atoms with van der Waals surface area (Å²) in [4.78, 5) is 26.1. The summed E-state index contributed by atoms with van der Waals surface area (Å²) in [6, 6.07) is -0.972. The molecule has 2 atom stereocenters. The molecule has 0 aromatic rings. The number of hydrogen-bond acceptors (Lipinski definition) is 2. The van der Waals surface area contributed by atoms with E-state index in [1.54, 1.807) is 0 Å². The van der Waals surface area contributed by atoms with E-state index in [-0.39, 0.29) is 29.7 Å². The van der Waals surface area contributed by atoms with Gasteiger partial charge >= 0.3 is 0 Å². The topological polar surface area (TPSA) is 49.4 Å². The molecular weight excluding hydrogens is 228 g/mol. The van der Waals surface area contributed by atoms with E-state index < -0.39 is 12.1 Å². The Kier molecular flexibility index (Phi) is 4.05. The number of hydrogen-bond donors (Lipinski definition) is 1. The van der Waals surface area contributed by atoms with Gasteiger partial charge in [-0.15, -0.1) is 6.42 Å². The van der Waals surface area contributed by atoms with Gasteiger partial charge in [-0.3, -0.25) is 9.59 Å². The molecule has 100 valence electrons. The van der Waals surface area contributed by atoms with Crippen LogP contribution in [-0.4, -0.2) is 35.3 Å². The van der Waals surface area contributed by atoms with Crippen LogP contribution in [0.25, 0.3) is 0 Å². The van der Waals surface area contributed by atoms with Crippen LogP contribution < -0.4 is 5.32 Å². The zero-order chi connectivity index (χ0) is 14.1. The Balaban J connectivity index is 3.10. The first-order valence-electron chi connectivity index (χ1n) is 6.24. The van der Waals surface area contributed by atoms with Crippen molar-refractivity contribution < 1.29 is 9.59 Å². The van der Waals surface area contributed by atoms with E-state index in [1.807, 2.05) is 34.6 Å². The van der Waals surface area contributed by atoms with Gasteiger partial charge in [0.15, 0.2) is 0 Å². The predicted octanol–water partition coefficient (Wildman–Crippen LogP) is 1.02. The molecule has 1 aliphatic rings. The summed E-state index contributed by atoms with van der Waals surface area (Å²) in [5, 5.41) is 2.83. The molecule has 1 saturated heterocycles. The Morgan fingerprint density at radius 2 is 1.94 bits per heavy atom. The average Bonchev–Trinajstić information content (AvgIpc) is 2.21. The summed E-state index contributed by atoms with van der Waals surface area (Å²) < 4.78 is 0. The van der Waals surface area contributed by atoms with E-state index in [1.165, 1.54) is 4.90 Å². The number of piperazine rings is 1. The number of nitrogens with zero attached hydrogens (tertiary/aromatic N) is 1. The van der Waals surface area contributed by atoms with Gasteiger partial charge in [0, 0.05) is 0 Å². The summed E-state index contributed by atoms with van der Waals surface area (Å²) in [5.74, 6) is 2.32. The molecule has 1 rings (SSSR count). The first-order chi connectivity index (χ1) is 8.20. The third-order valence-electron chi connectivity index (χ3n) is 3.18. The van der Waals surface area contributed by atoms with Crippen LogP contribution in [0.5, 0.6) is 0 Å². The molecule has 0 saturated carbocycles. The van der Waals surface area contributed by atoms with E-state index in [0.717, 1.165) is 0 Å². The van der Waals surface area contributed by atoms with Crippen molar-refractivity contribution in [2.75, 3.05) is 6.54 Å². The zero-order valence-corrected chi connectivity index (χ0v) is 11.8. The van der Waals surface area contributed by atoms with Gasteiger partial charge in [-0.05, 0) is 11.3 Å².